The van der Waals surface area contributed by atoms with Crippen molar-refractivity contribution in [3.63, 3.8) is 0 Å². The molecule has 0 aliphatic carbocycles. The van der Waals surface area contributed by atoms with Crippen LogP contribution in [0.1, 0.15) is 25.0 Å². The fourth-order valence-electron chi connectivity index (χ4n) is 4.77. The van der Waals surface area contributed by atoms with Crippen molar-refractivity contribution < 1.29 is 22.7 Å². The van der Waals surface area contributed by atoms with E-state index in [0.29, 0.717) is 28.4 Å². The molecule has 4 rings (SSSR count). The fourth-order valence-corrected chi connectivity index (χ4v) is 6.57. The lowest BCUT2D eigenvalue weighted by atomic mass is 10.0. The number of rotatable bonds is 14. The number of nitrogens with one attached hydrogen (secondary N) is 1. The molecule has 0 fully saturated rings. The summed E-state index contributed by atoms with van der Waals surface area (Å²) in [6, 6.07) is 28.2. The van der Waals surface area contributed by atoms with Crippen molar-refractivity contribution >= 4 is 55.1 Å². The average Bonchev–Trinajstić information content (AvgIpc) is 3.03. The molecular formula is C34H35BrClN3O5S. The van der Waals surface area contributed by atoms with Crippen LogP contribution in [0.25, 0.3) is 0 Å². The van der Waals surface area contributed by atoms with E-state index < -0.39 is 28.5 Å². The molecule has 0 bridgehead atoms. The number of likely N-dealkylation sites (N-methyl/N-ethyl adjacent to an activating group) is 1. The standard InChI is InChI=1S/C34H35BrClN3O5S/c1-3-37-34(41)32(22-25-8-6-5-7-9-25)38(23-26-10-14-28(36)15-11-26)33(40)24-39(29-16-18-30(19-17-29)44-4-2)45(42,43)31-20-12-27(35)13-21-31/h5-21,32H,3-4,22-24H2,1-2H3,(H,37,41)/t32-/m1/s1. The Balaban J connectivity index is 1.79. The highest BCUT2D eigenvalue weighted by Gasteiger charge is 2.34. The van der Waals surface area contributed by atoms with Crippen molar-refractivity contribution in [1.82, 2.24) is 10.2 Å². The average molecular weight is 713 g/mol. The minimum atomic E-state index is -4.21. The molecule has 0 heterocycles. The Labute approximate surface area is 278 Å². The van der Waals surface area contributed by atoms with Crippen molar-refractivity contribution in [2.45, 2.75) is 37.8 Å². The Morgan fingerprint density at radius 3 is 2.11 bits per heavy atom. The number of benzene rings is 4. The summed E-state index contributed by atoms with van der Waals surface area (Å²) in [4.78, 5) is 29.4. The largest absolute Gasteiger partial charge is 0.494 e. The molecule has 1 atom stereocenters. The van der Waals surface area contributed by atoms with Gasteiger partial charge in [-0.1, -0.05) is 70.0 Å². The number of amides is 2. The second kappa shape index (κ2) is 15.9. The van der Waals surface area contributed by atoms with Gasteiger partial charge in [-0.3, -0.25) is 13.9 Å². The summed E-state index contributed by atoms with van der Waals surface area (Å²) in [7, 11) is -4.21. The minimum absolute atomic E-state index is 0.0150. The SMILES string of the molecule is CCNC(=O)[C@@H](Cc1ccccc1)N(Cc1ccc(Cl)cc1)C(=O)CN(c1ccc(OCC)cc1)S(=O)(=O)c1ccc(Br)cc1. The molecule has 0 saturated carbocycles. The van der Waals surface area contributed by atoms with Crippen LogP contribution >= 0.6 is 27.5 Å². The van der Waals surface area contributed by atoms with E-state index in [0.717, 1.165) is 15.4 Å². The Morgan fingerprint density at radius 1 is 0.867 bits per heavy atom. The maximum absolute atomic E-state index is 14.4. The van der Waals surface area contributed by atoms with Crippen molar-refractivity contribution in [2.75, 3.05) is 24.0 Å². The summed E-state index contributed by atoms with van der Waals surface area (Å²) in [6.45, 7) is 3.98. The van der Waals surface area contributed by atoms with Gasteiger partial charge in [0.25, 0.3) is 10.0 Å². The normalized spacial score (nSPS) is 11.8. The number of ether oxygens (including phenoxy) is 1. The van der Waals surface area contributed by atoms with Crippen molar-refractivity contribution in [2.24, 2.45) is 0 Å². The molecular weight excluding hydrogens is 678 g/mol. The number of hydrogen-bond donors (Lipinski definition) is 1. The van der Waals surface area contributed by atoms with Gasteiger partial charge in [0, 0.05) is 29.0 Å². The molecule has 4 aromatic rings. The predicted octanol–water partition coefficient (Wildman–Crippen LogP) is 6.47. The highest BCUT2D eigenvalue weighted by molar-refractivity contribution is 9.10. The number of sulfonamides is 1. The Bertz CT molecular complexity index is 1670. The fraction of sp³-hybridized carbons (Fsp3) is 0.235. The number of anilines is 1. The number of hydrogen-bond acceptors (Lipinski definition) is 5. The molecule has 1 N–H and O–H groups in total. The lowest BCUT2D eigenvalue weighted by molar-refractivity contribution is -0.140. The van der Waals surface area contributed by atoms with Crippen molar-refractivity contribution in [3.8, 4) is 5.75 Å². The third-order valence-electron chi connectivity index (χ3n) is 7.00. The number of nitrogens with zero attached hydrogens (tertiary/aromatic N) is 2. The highest BCUT2D eigenvalue weighted by Crippen LogP contribution is 2.28. The Kier molecular flexibility index (Phi) is 12.0. The van der Waals surface area contributed by atoms with Gasteiger partial charge in [0.1, 0.15) is 18.3 Å². The summed E-state index contributed by atoms with van der Waals surface area (Å²) < 4.78 is 35.6. The zero-order valence-electron chi connectivity index (χ0n) is 25.0. The minimum Gasteiger partial charge on any atom is -0.494 e. The van der Waals surface area contributed by atoms with Crippen LogP contribution in [0.15, 0.2) is 112 Å². The van der Waals surface area contributed by atoms with Crippen LogP contribution in [0.2, 0.25) is 5.02 Å². The first-order valence-electron chi connectivity index (χ1n) is 14.5. The van der Waals surface area contributed by atoms with Gasteiger partial charge in [-0.2, -0.15) is 0 Å². The van der Waals surface area contributed by atoms with Gasteiger partial charge in [0.2, 0.25) is 11.8 Å². The first-order valence-corrected chi connectivity index (χ1v) is 17.1. The molecule has 0 unspecified atom stereocenters. The maximum atomic E-state index is 14.4. The molecule has 2 amide bonds. The van der Waals surface area contributed by atoms with Gasteiger partial charge in [-0.25, -0.2) is 8.42 Å². The van der Waals surface area contributed by atoms with Crippen molar-refractivity contribution in [1.29, 1.82) is 0 Å². The predicted molar refractivity (Wildman–Crippen MR) is 181 cm³/mol. The van der Waals surface area contributed by atoms with Crippen LogP contribution in [-0.4, -0.2) is 50.9 Å². The zero-order valence-corrected chi connectivity index (χ0v) is 28.2. The van der Waals surface area contributed by atoms with E-state index in [1.54, 1.807) is 67.6 Å². The summed E-state index contributed by atoms with van der Waals surface area (Å²) in [5, 5.41) is 3.39. The quantitative estimate of drug-likeness (QED) is 0.162. The lowest BCUT2D eigenvalue weighted by Crippen LogP contribution is -2.53. The van der Waals surface area contributed by atoms with Crippen LogP contribution in [0.3, 0.4) is 0 Å². The van der Waals surface area contributed by atoms with Crippen LogP contribution < -0.4 is 14.4 Å². The second-order valence-corrected chi connectivity index (χ2v) is 13.4. The lowest BCUT2D eigenvalue weighted by Gasteiger charge is -2.34. The van der Waals surface area contributed by atoms with Gasteiger partial charge in [0.05, 0.1) is 17.2 Å². The van der Waals surface area contributed by atoms with E-state index in [2.05, 4.69) is 21.2 Å². The van der Waals surface area contributed by atoms with Crippen LogP contribution in [0.4, 0.5) is 5.69 Å². The summed E-state index contributed by atoms with van der Waals surface area (Å²) in [5.74, 6) is -0.323. The Hall–Kier alpha value is -3.86. The van der Waals surface area contributed by atoms with E-state index in [4.69, 9.17) is 16.3 Å². The number of halogens is 2. The van der Waals surface area contributed by atoms with E-state index in [9.17, 15) is 18.0 Å². The third-order valence-corrected chi connectivity index (χ3v) is 9.57. The molecule has 0 saturated heterocycles. The number of carbonyl (C=O) groups is 2. The van der Waals surface area contributed by atoms with E-state index in [1.807, 2.05) is 37.3 Å². The Morgan fingerprint density at radius 2 is 1.51 bits per heavy atom. The van der Waals surface area contributed by atoms with Gasteiger partial charge in [-0.15, -0.1) is 0 Å². The van der Waals surface area contributed by atoms with Gasteiger partial charge in [0.15, 0.2) is 0 Å². The third kappa shape index (κ3) is 9.09. The summed E-state index contributed by atoms with van der Waals surface area (Å²) in [6.07, 6.45) is 0.231. The molecule has 8 nitrogen and oxygen atoms in total. The second-order valence-electron chi connectivity index (χ2n) is 10.1. The first kappa shape index (κ1) is 34.0. The molecule has 0 radical (unpaired) electrons. The van der Waals surface area contributed by atoms with Gasteiger partial charge in [-0.05, 0) is 85.6 Å². The summed E-state index contributed by atoms with van der Waals surface area (Å²) >= 11 is 9.48. The smallest absolute Gasteiger partial charge is 0.264 e. The monoisotopic (exact) mass is 711 g/mol. The zero-order chi connectivity index (χ0) is 32.4. The topological polar surface area (TPSA) is 96.0 Å². The van der Waals surface area contributed by atoms with E-state index in [-0.39, 0.29) is 29.5 Å². The highest BCUT2D eigenvalue weighted by atomic mass is 79.9. The van der Waals surface area contributed by atoms with Gasteiger partial charge < -0.3 is 15.0 Å². The molecule has 4 aromatic carbocycles. The van der Waals surface area contributed by atoms with Crippen molar-refractivity contribution in [3.05, 3.63) is 124 Å². The van der Waals surface area contributed by atoms with Gasteiger partial charge >= 0.3 is 0 Å². The molecule has 0 aliphatic rings. The molecule has 45 heavy (non-hydrogen) atoms. The van der Waals surface area contributed by atoms with Crippen LogP contribution in [0.5, 0.6) is 5.75 Å². The first-order chi connectivity index (χ1) is 21.6. The summed E-state index contributed by atoms with van der Waals surface area (Å²) in [5.41, 5.74) is 1.87. The molecule has 236 valence electrons. The molecule has 0 aromatic heterocycles. The van der Waals surface area contributed by atoms with E-state index >= 15 is 0 Å². The van der Waals surface area contributed by atoms with Crippen LogP contribution in [-0.2, 0) is 32.6 Å². The number of carbonyl (C=O) groups excluding carboxylic acids is 2. The molecule has 11 heteroatoms. The molecule has 0 spiro atoms. The molecule has 0 aliphatic heterocycles. The maximum Gasteiger partial charge on any atom is 0.264 e. The van der Waals surface area contributed by atoms with Crippen LogP contribution in [0, 0.1) is 0 Å². The van der Waals surface area contributed by atoms with E-state index in [1.165, 1.54) is 17.0 Å².